The number of hydrogen-bond donors (Lipinski definition) is 1. The third-order valence-corrected chi connectivity index (χ3v) is 4.63. The first kappa shape index (κ1) is 15.9. The molecule has 2 rings (SSSR count). The standard InChI is InChI=1S/C15H28N4S/c1-3-6-16-11-15-17-14(13-20-15)12-18(2)9-10-19-7-4-5-8-19/h13,16H,3-12H2,1-2H3. The molecule has 1 aliphatic rings. The first-order valence-corrected chi connectivity index (χ1v) is 8.71. The van der Waals surface area contributed by atoms with Crippen LogP contribution in [0.3, 0.4) is 0 Å². The van der Waals surface area contributed by atoms with Crippen LogP contribution in [-0.4, -0.2) is 54.6 Å². The fourth-order valence-electron chi connectivity index (χ4n) is 2.55. The van der Waals surface area contributed by atoms with Crippen molar-refractivity contribution < 1.29 is 0 Å². The third-order valence-electron chi connectivity index (χ3n) is 3.73. The van der Waals surface area contributed by atoms with Gasteiger partial charge < -0.3 is 10.2 Å². The highest BCUT2D eigenvalue weighted by Crippen LogP contribution is 2.12. The highest BCUT2D eigenvalue weighted by atomic mass is 32.1. The third kappa shape index (κ3) is 5.48. The number of likely N-dealkylation sites (N-methyl/N-ethyl adjacent to an activating group) is 1. The average molecular weight is 296 g/mol. The second kappa shape index (κ2) is 8.72. The van der Waals surface area contributed by atoms with Crippen LogP contribution in [0.1, 0.15) is 36.9 Å². The highest BCUT2D eigenvalue weighted by Gasteiger charge is 2.12. The summed E-state index contributed by atoms with van der Waals surface area (Å²) in [6, 6.07) is 0. The highest BCUT2D eigenvalue weighted by molar-refractivity contribution is 7.09. The van der Waals surface area contributed by atoms with Gasteiger partial charge in [-0.1, -0.05) is 6.92 Å². The maximum absolute atomic E-state index is 4.70. The Morgan fingerprint density at radius 3 is 2.95 bits per heavy atom. The van der Waals surface area contributed by atoms with E-state index in [-0.39, 0.29) is 0 Å². The molecule has 0 aliphatic carbocycles. The fourth-order valence-corrected chi connectivity index (χ4v) is 3.30. The van der Waals surface area contributed by atoms with E-state index in [1.54, 1.807) is 11.3 Å². The van der Waals surface area contributed by atoms with Crippen molar-refractivity contribution in [2.75, 3.05) is 39.8 Å². The summed E-state index contributed by atoms with van der Waals surface area (Å²) in [5, 5.41) is 6.82. The molecule has 1 N–H and O–H groups in total. The van der Waals surface area contributed by atoms with Crippen LogP contribution in [-0.2, 0) is 13.1 Å². The predicted octanol–water partition coefficient (Wildman–Crippen LogP) is 2.17. The molecule has 0 atom stereocenters. The molecule has 0 spiro atoms. The maximum Gasteiger partial charge on any atom is 0.107 e. The number of hydrogen-bond acceptors (Lipinski definition) is 5. The van der Waals surface area contributed by atoms with Crippen molar-refractivity contribution in [2.24, 2.45) is 0 Å². The smallest absolute Gasteiger partial charge is 0.107 e. The Morgan fingerprint density at radius 2 is 2.20 bits per heavy atom. The number of nitrogens with zero attached hydrogens (tertiary/aromatic N) is 3. The van der Waals surface area contributed by atoms with Crippen LogP contribution in [0.5, 0.6) is 0 Å². The summed E-state index contributed by atoms with van der Waals surface area (Å²) >= 11 is 1.77. The lowest BCUT2D eigenvalue weighted by molar-refractivity contribution is 0.251. The topological polar surface area (TPSA) is 31.4 Å². The molecule has 0 unspecified atom stereocenters. The first-order valence-electron chi connectivity index (χ1n) is 7.83. The number of thiazole rings is 1. The van der Waals surface area contributed by atoms with Crippen LogP contribution in [0.15, 0.2) is 5.38 Å². The molecular formula is C15H28N4S. The SMILES string of the molecule is CCCNCc1nc(CN(C)CCN2CCCC2)cs1. The van der Waals surface area contributed by atoms with E-state index < -0.39 is 0 Å². The summed E-state index contributed by atoms with van der Waals surface area (Å²) in [6.45, 7) is 10.1. The Bertz CT molecular complexity index is 374. The second-order valence-corrected chi connectivity index (χ2v) is 6.64. The molecule has 5 heteroatoms. The van der Waals surface area contributed by atoms with Crippen LogP contribution in [0.2, 0.25) is 0 Å². The van der Waals surface area contributed by atoms with Gasteiger partial charge in [-0.15, -0.1) is 11.3 Å². The van der Waals surface area contributed by atoms with Crippen LogP contribution in [0.4, 0.5) is 0 Å². The van der Waals surface area contributed by atoms with Gasteiger partial charge in [0.2, 0.25) is 0 Å². The van der Waals surface area contributed by atoms with Crippen LogP contribution >= 0.6 is 11.3 Å². The molecule has 114 valence electrons. The lowest BCUT2D eigenvalue weighted by Crippen LogP contribution is -2.31. The molecule has 2 heterocycles. The quantitative estimate of drug-likeness (QED) is 0.708. The van der Waals surface area contributed by atoms with Crippen molar-refractivity contribution in [1.29, 1.82) is 0 Å². The van der Waals surface area contributed by atoms with Crippen molar-refractivity contribution in [2.45, 2.75) is 39.3 Å². The number of likely N-dealkylation sites (tertiary alicyclic amines) is 1. The molecule has 1 aliphatic heterocycles. The molecule has 20 heavy (non-hydrogen) atoms. The maximum atomic E-state index is 4.70. The average Bonchev–Trinajstić information content (AvgIpc) is 3.08. The van der Waals surface area contributed by atoms with Gasteiger partial charge in [-0.3, -0.25) is 4.90 Å². The fraction of sp³-hybridized carbons (Fsp3) is 0.800. The number of rotatable bonds is 9. The van der Waals surface area contributed by atoms with E-state index >= 15 is 0 Å². The van der Waals surface area contributed by atoms with Gasteiger partial charge in [0, 0.05) is 31.6 Å². The van der Waals surface area contributed by atoms with Gasteiger partial charge in [0.25, 0.3) is 0 Å². The van der Waals surface area contributed by atoms with E-state index in [4.69, 9.17) is 4.98 Å². The van der Waals surface area contributed by atoms with E-state index in [2.05, 4.69) is 34.5 Å². The lowest BCUT2D eigenvalue weighted by Gasteiger charge is -2.20. The van der Waals surface area contributed by atoms with Gasteiger partial charge >= 0.3 is 0 Å². The van der Waals surface area contributed by atoms with E-state index in [0.29, 0.717) is 0 Å². The van der Waals surface area contributed by atoms with Gasteiger partial charge in [-0.05, 0) is 45.9 Å². The van der Waals surface area contributed by atoms with Crippen molar-refractivity contribution >= 4 is 11.3 Å². The van der Waals surface area contributed by atoms with E-state index in [1.165, 1.54) is 49.6 Å². The van der Waals surface area contributed by atoms with Crippen LogP contribution < -0.4 is 5.32 Å². The summed E-state index contributed by atoms with van der Waals surface area (Å²) in [4.78, 5) is 9.66. The summed E-state index contributed by atoms with van der Waals surface area (Å²) in [7, 11) is 2.20. The van der Waals surface area contributed by atoms with Crippen LogP contribution in [0, 0.1) is 0 Å². The molecule has 4 nitrogen and oxygen atoms in total. The predicted molar refractivity (Wildman–Crippen MR) is 86.1 cm³/mol. The molecule has 1 aromatic rings. The Morgan fingerprint density at radius 1 is 1.40 bits per heavy atom. The lowest BCUT2D eigenvalue weighted by atomic mass is 10.4. The Balaban J connectivity index is 1.66. The van der Waals surface area contributed by atoms with E-state index in [9.17, 15) is 0 Å². The van der Waals surface area contributed by atoms with Crippen molar-refractivity contribution in [3.8, 4) is 0 Å². The first-order chi connectivity index (χ1) is 9.78. The normalized spacial score (nSPS) is 16.4. The summed E-state index contributed by atoms with van der Waals surface area (Å²) in [5.41, 5.74) is 1.22. The molecule has 1 saturated heterocycles. The second-order valence-electron chi connectivity index (χ2n) is 5.70. The molecule has 0 radical (unpaired) electrons. The van der Waals surface area contributed by atoms with Crippen LogP contribution in [0.25, 0.3) is 0 Å². The van der Waals surface area contributed by atoms with Gasteiger partial charge in [0.05, 0.1) is 5.69 Å². The molecule has 1 fully saturated rings. The van der Waals surface area contributed by atoms with Gasteiger partial charge in [-0.25, -0.2) is 4.98 Å². The molecule has 1 aromatic heterocycles. The molecule has 0 amide bonds. The van der Waals surface area contributed by atoms with Gasteiger partial charge in [-0.2, -0.15) is 0 Å². The number of nitrogens with one attached hydrogen (secondary N) is 1. The minimum absolute atomic E-state index is 0.913. The van der Waals surface area contributed by atoms with Crippen molar-refractivity contribution in [3.63, 3.8) is 0 Å². The van der Waals surface area contributed by atoms with Gasteiger partial charge in [0.1, 0.15) is 5.01 Å². The van der Waals surface area contributed by atoms with E-state index in [1.807, 2.05) is 0 Å². The zero-order valence-corrected chi connectivity index (χ0v) is 13.7. The Kier molecular flexibility index (Phi) is 6.93. The van der Waals surface area contributed by atoms with Gasteiger partial charge in [0.15, 0.2) is 0 Å². The molecule has 0 saturated carbocycles. The van der Waals surface area contributed by atoms with E-state index in [0.717, 1.165) is 26.2 Å². The molecule has 0 aromatic carbocycles. The number of aromatic nitrogens is 1. The Hall–Kier alpha value is -0.490. The molecular weight excluding hydrogens is 268 g/mol. The summed E-state index contributed by atoms with van der Waals surface area (Å²) in [6.07, 6.45) is 3.94. The Labute approximate surface area is 127 Å². The van der Waals surface area contributed by atoms with Crippen molar-refractivity contribution in [1.82, 2.24) is 20.1 Å². The largest absolute Gasteiger partial charge is 0.310 e. The monoisotopic (exact) mass is 296 g/mol. The summed E-state index contributed by atoms with van der Waals surface area (Å²) in [5.74, 6) is 0. The summed E-state index contributed by atoms with van der Waals surface area (Å²) < 4.78 is 0. The zero-order valence-electron chi connectivity index (χ0n) is 12.9. The molecule has 0 bridgehead atoms. The zero-order chi connectivity index (χ0) is 14.2. The minimum Gasteiger partial charge on any atom is -0.310 e. The minimum atomic E-state index is 0.913. The van der Waals surface area contributed by atoms with Crippen molar-refractivity contribution in [3.05, 3.63) is 16.1 Å².